The largest absolute Gasteiger partial charge is 0.454 e. The molecule has 8 heteroatoms. The van der Waals surface area contributed by atoms with Crippen molar-refractivity contribution in [1.82, 2.24) is 4.72 Å². The number of sulfonamides is 1. The van der Waals surface area contributed by atoms with E-state index in [-0.39, 0.29) is 6.79 Å². The van der Waals surface area contributed by atoms with Crippen LogP contribution in [0.3, 0.4) is 0 Å². The van der Waals surface area contributed by atoms with Crippen LogP contribution in [0.1, 0.15) is 11.1 Å². The van der Waals surface area contributed by atoms with Crippen LogP contribution < -0.4 is 14.2 Å². The molecule has 1 N–H and O–H groups in total. The summed E-state index contributed by atoms with van der Waals surface area (Å²) in [6.45, 7) is 0.0781. The molecule has 1 heterocycles. The molecule has 3 rings (SSSR count). The van der Waals surface area contributed by atoms with E-state index in [1.165, 1.54) is 12.2 Å². The van der Waals surface area contributed by atoms with Crippen molar-refractivity contribution in [2.24, 2.45) is 0 Å². The Balaban J connectivity index is 1.66. The lowest BCUT2D eigenvalue weighted by Crippen LogP contribution is -2.26. The van der Waals surface area contributed by atoms with Gasteiger partial charge in [-0.2, -0.15) is 0 Å². The van der Waals surface area contributed by atoms with E-state index in [4.69, 9.17) is 21.1 Å². The second-order valence-corrected chi connectivity index (χ2v) is 7.27. The van der Waals surface area contributed by atoms with Gasteiger partial charge < -0.3 is 9.47 Å². The van der Waals surface area contributed by atoms with Gasteiger partial charge in [0.1, 0.15) is 0 Å². The molecule has 1 aliphatic heterocycles. The summed E-state index contributed by atoms with van der Waals surface area (Å²) < 4.78 is 36.2. The molecule has 2 aromatic carbocycles. The summed E-state index contributed by atoms with van der Waals surface area (Å²) in [5.74, 6) is 0.134. The van der Waals surface area contributed by atoms with Gasteiger partial charge >= 0.3 is 0 Å². The van der Waals surface area contributed by atoms with Crippen molar-refractivity contribution < 1.29 is 22.7 Å². The average Bonchev–Trinajstić information content (AvgIpc) is 3.08. The summed E-state index contributed by atoms with van der Waals surface area (Å²) in [6.07, 6.45) is 3.93. The Labute approximate surface area is 155 Å². The second-order valence-electron chi connectivity index (χ2n) is 5.29. The minimum absolute atomic E-state index is 0.0781. The van der Waals surface area contributed by atoms with E-state index in [9.17, 15) is 13.2 Å². The average molecular weight is 392 g/mol. The number of nitrogens with one attached hydrogen (secondary N) is 1. The number of amides is 1. The van der Waals surface area contributed by atoms with Crippen LogP contribution in [0.25, 0.3) is 12.2 Å². The van der Waals surface area contributed by atoms with Crippen LogP contribution in [0.2, 0.25) is 5.02 Å². The summed E-state index contributed by atoms with van der Waals surface area (Å²) >= 11 is 6.05. The maximum Gasteiger partial charge on any atom is 0.257 e. The van der Waals surface area contributed by atoms with E-state index in [1.54, 1.807) is 36.4 Å². The first-order valence-electron chi connectivity index (χ1n) is 7.50. The van der Waals surface area contributed by atoms with Gasteiger partial charge in [0.05, 0.1) is 10.4 Å². The molecule has 0 saturated carbocycles. The van der Waals surface area contributed by atoms with Gasteiger partial charge in [0, 0.05) is 6.08 Å². The SMILES string of the molecule is O=C(/C=C\c1cc(Cl)c2c(c1)OCO2)NS(=O)(=O)/C=C/c1ccccc1. The first-order chi connectivity index (χ1) is 12.4. The number of ether oxygens (including phenoxy) is 2. The van der Waals surface area contributed by atoms with Crippen LogP contribution in [0.15, 0.2) is 53.9 Å². The lowest BCUT2D eigenvalue weighted by molar-refractivity contribution is -0.114. The zero-order chi connectivity index (χ0) is 18.6. The third-order valence-electron chi connectivity index (χ3n) is 3.36. The van der Waals surface area contributed by atoms with E-state index >= 15 is 0 Å². The monoisotopic (exact) mass is 391 g/mol. The van der Waals surface area contributed by atoms with Crippen molar-refractivity contribution in [3.63, 3.8) is 0 Å². The highest BCUT2D eigenvalue weighted by molar-refractivity contribution is 7.93. The Morgan fingerprint density at radius 3 is 2.62 bits per heavy atom. The summed E-state index contributed by atoms with van der Waals surface area (Å²) in [5, 5.41) is 1.28. The molecule has 0 fully saturated rings. The van der Waals surface area contributed by atoms with Gasteiger partial charge in [0.15, 0.2) is 11.5 Å². The number of rotatable bonds is 5. The Hall–Kier alpha value is -2.77. The molecule has 0 bridgehead atoms. The molecule has 2 aromatic rings. The highest BCUT2D eigenvalue weighted by atomic mass is 35.5. The van der Waals surface area contributed by atoms with E-state index in [0.717, 1.165) is 11.5 Å². The van der Waals surface area contributed by atoms with Crippen molar-refractivity contribution >= 4 is 39.7 Å². The fourth-order valence-corrected chi connectivity index (χ4v) is 3.22. The van der Waals surface area contributed by atoms with Gasteiger partial charge in [-0.25, -0.2) is 13.1 Å². The number of benzene rings is 2. The summed E-state index contributed by atoms with van der Waals surface area (Å²) in [5.41, 5.74) is 1.28. The van der Waals surface area contributed by atoms with Gasteiger partial charge in [-0.3, -0.25) is 4.79 Å². The Kier molecular flexibility index (Phi) is 5.29. The van der Waals surface area contributed by atoms with Gasteiger partial charge in [0.2, 0.25) is 6.79 Å². The quantitative estimate of drug-likeness (QED) is 0.791. The van der Waals surface area contributed by atoms with Crippen LogP contribution >= 0.6 is 11.6 Å². The van der Waals surface area contributed by atoms with E-state index in [2.05, 4.69) is 0 Å². The molecule has 1 amide bonds. The first-order valence-corrected chi connectivity index (χ1v) is 9.42. The highest BCUT2D eigenvalue weighted by Gasteiger charge is 2.17. The number of carbonyl (C=O) groups is 1. The normalized spacial score (nSPS) is 13.4. The molecule has 0 aliphatic carbocycles. The molecular formula is C18H14ClNO5S. The maximum atomic E-state index is 11.9. The van der Waals surface area contributed by atoms with Gasteiger partial charge in [-0.1, -0.05) is 41.9 Å². The van der Waals surface area contributed by atoms with Crippen molar-refractivity contribution in [2.75, 3.05) is 6.79 Å². The van der Waals surface area contributed by atoms with Crippen molar-refractivity contribution in [3.05, 3.63) is 70.1 Å². The molecule has 0 aromatic heterocycles. The number of hydrogen-bond acceptors (Lipinski definition) is 5. The van der Waals surface area contributed by atoms with Crippen molar-refractivity contribution in [1.29, 1.82) is 0 Å². The second kappa shape index (κ2) is 7.63. The molecule has 0 unspecified atom stereocenters. The predicted octanol–water partition coefficient (Wildman–Crippen LogP) is 3.20. The van der Waals surface area contributed by atoms with E-state index in [1.807, 2.05) is 10.8 Å². The molecule has 6 nitrogen and oxygen atoms in total. The Morgan fingerprint density at radius 1 is 1.08 bits per heavy atom. The third-order valence-corrected chi connectivity index (χ3v) is 4.62. The van der Waals surface area contributed by atoms with E-state index < -0.39 is 15.9 Å². The number of carbonyl (C=O) groups excluding carboxylic acids is 1. The zero-order valence-corrected chi connectivity index (χ0v) is 15.0. The number of hydrogen-bond donors (Lipinski definition) is 1. The van der Waals surface area contributed by atoms with Gasteiger partial charge in [-0.05, 0) is 35.4 Å². The Morgan fingerprint density at radius 2 is 1.85 bits per heavy atom. The van der Waals surface area contributed by atoms with Gasteiger partial charge in [-0.15, -0.1) is 0 Å². The third kappa shape index (κ3) is 4.65. The molecule has 0 saturated heterocycles. The van der Waals surface area contributed by atoms with Crippen LogP contribution in [0.4, 0.5) is 0 Å². The molecule has 134 valence electrons. The van der Waals surface area contributed by atoms with Crippen LogP contribution in [0.5, 0.6) is 11.5 Å². The minimum atomic E-state index is -3.90. The summed E-state index contributed by atoms with van der Waals surface area (Å²) in [7, 11) is -3.90. The Bertz CT molecular complexity index is 984. The lowest BCUT2D eigenvalue weighted by Gasteiger charge is -2.02. The molecule has 0 radical (unpaired) electrons. The number of fused-ring (bicyclic) bond motifs is 1. The minimum Gasteiger partial charge on any atom is -0.454 e. The fraction of sp³-hybridized carbons (Fsp3) is 0.0556. The fourth-order valence-electron chi connectivity index (χ4n) is 2.20. The van der Waals surface area contributed by atoms with Crippen molar-refractivity contribution in [2.45, 2.75) is 0 Å². The van der Waals surface area contributed by atoms with E-state index in [0.29, 0.717) is 27.6 Å². The smallest absolute Gasteiger partial charge is 0.257 e. The number of halogens is 1. The summed E-state index contributed by atoms with van der Waals surface area (Å²) in [6, 6.07) is 12.1. The molecular weight excluding hydrogens is 378 g/mol. The van der Waals surface area contributed by atoms with Gasteiger partial charge in [0.25, 0.3) is 15.9 Å². The lowest BCUT2D eigenvalue weighted by atomic mass is 10.2. The van der Waals surface area contributed by atoms with Crippen LogP contribution in [0, 0.1) is 0 Å². The molecule has 0 spiro atoms. The zero-order valence-electron chi connectivity index (χ0n) is 13.4. The summed E-state index contributed by atoms with van der Waals surface area (Å²) in [4.78, 5) is 11.9. The maximum absolute atomic E-state index is 11.9. The highest BCUT2D eigenvalue weighted by Crippen LogP contribution is 2.40. The molecule has 0 atom stereocenters. The molecule has 1 aliphatic rings. The predicted molar refractivity (Wildman–Crippen MR) is 99.1 cm³/mol. The van der Waals surface area contributed by atoms with Crippen LogP contribution in [-0.4, -0.2) is 21.1 Å². The van der Waals surface area contributed by atoms with Crippen LogP contribution in [-0.2, 0) is 14.8 Å². The topological polar surface area (TPSA) is 81.7 Å². The first kappa shape index (κ1) is 18.0. The van der Waals surface area contributed by atoms with Crippen molar-refractivity contribution in [3.8, 4) is 11.5 Å². The molecule has 26 heavy (non-hydrogen) atoms. The standard InChI is InChI=1S/C18H14ClNO5S/c19-15-10-14(11-16-18(15)25-12-24-16)6-7-17(21)20-26(22,23)9-8-13-4-2-1-3-5-13/h1-11H,12H2,(H,20,21)/b7-6-,9-8+.